The van der Waals surface area contributed by atoms with Gasteiger partial charge in [0, 0.05) is 17.3 Å². The van der Waals surface area contributed by atoms with Crippen LogP contribution in [0.4, 0.5) is 20.3 Å². The molecule has 9 heteroatoms. The predicted octanol–water partition coefficient (Wildman–Crippen LogP) is 5.50. The number of hydrogen-bond donors (Lipinski definition) is 2. The lowest BCUT2D eigenvalue weighted by Crippen LogP contribution is -2.07. The van der Waals surface area contributed by atoms with E-state index in [4.69, 9.17) is 15.2 Å². The average Bonchev–Trinajstić information content (AvgIpc) is 2.86. The molecule has 0 aliphatic carbocycles. The van der Waals surface area contributed by atoms with Crippen molar-refractivity contribution in [3.8, 4) is 28.5 Å². The van der Waals surface area contributed by atoms with Gasteiger partial charge in [-0.1, -0.05) is 43.0 Å². The van der Waals surface area contributed by atoms with Gasteiger partial charge in [-0.3, -0.25) is 4.79 Å². The van der Waals surface area contributed by atoms with Crippen LogP contribution in [0.15, 0.2) is 85.7 Å². The van der Waals surface area contributed by atoms with Gasteiger partial charge >= 0.3 is 0 Å². The van der Waals surface area contributed by atoms with Crippen molar-refractivity contribution >= 4 is 17.4 Å². The molecule has 4 rings (SSSR count). The van der Waals surface area contributed by atoms with Gasteiger partial charge in [0.05, 0.1) is 5.56 Å². The molecule has 0 unspecified atom stereocenters. The summed E-state index contributed by atoms with van der Waals surface area (Å²) in [7, 11) is 0. The first-order chi connectivity index (χ1) is 17.0. The molecule has 1 amide bonds. The molecule has 176 valence electrons. The number of aromatic nitrogens is 2. The first-order valence-corrected chi connectivity index (χ1v) is 10.4. The summed E-state index contributed by atoms with van der Waals surface area (Å²) in [6.45, 7) is 3.47. The molecule has 0 aliphatic heterocycles. The Bertz CT molecular complexity index is 1380. The number of halogens is 2. The number of benzene rings is 3. The second-order valence-electron chi connectivity index (χ2n) is 7.28. The molecule has 0 bridgehead atoms. The highest BCUT2D eigenvalue weighted by atomic mass is 19.2. The van der Waals surface area contributed by atoms with Crippen LogP contribution in [0.5, 0.6) is 17.4 Å². The molecule has 0 radical (unpaired) electrons. The van der Waals surface area contributed by atoms with Crippen LogP contribution in [-0.2, 0) is 11.4 Å². The van der Waals surface area contributed by atoms with E-state index in [1.807, 2.05) is 30.3 Å². The number of nitrogen functional groups attached to an aromatic ring is 1. The van der Waals surface area contributed by atoms with Crippen molar-refractivity contribution in [1.82, 2.24) is 9.97 Å². The van der Waals surface area contributed by atoms with E-state index >= 15 is 4.39 Å². The van der Waals surface area contributed by atoms with E-state index in [0.717, 1.165) is 18.0 Å². The van der Waals surface area contributed by atoms with Crippen molar-refractivity contribution in [2.45, 2.75) is 6.61 Å². The molecule has 0 aliphatic rings. The minimum atomic E-state index is -1.19. The van der Waals surface area contributed by atoms with Crippen LogP contribution in [0.1, 0.15) is 5.56 Å². The molecule has 0 spiro atoms. The fourth-order valence-corrected chi connectivity index (χ4v) is 3.23. The SMILES string of the molecule is C=CC(=O)Nc1cccc(Oc2ncnc(N)c2-c2ccc(OCc3ccccc3)c(F)c2F)c1. The zero-order valence-electron chi connectivity index (χ0n) is 18.4. The first kappa shape index (κ1) is 23.4. The van der Waals surface area contributed by atoms with Gasteiger partial charge in [0.2, 0.25) is 17.6 Å². The zero-order chi connectivity index (χ0) is 24.8. The monoisotopic (exact) mass is 474 g/mol. The first-order valence-electron chi connectivity index (χ1n) is 10.4. The fraction of sp³-hybridized carbons (Fsp3) is 0.0385. The Morgan fingerprint density at radius 3 is 2.60 bits per heavy atom. The van der Waals surface area contributed by atoms with Crippen LogP contribution in [0.3, 0.4) is 0 Å². The van der Waals surface area contributed by atoms with Crippen LogP contribution in [-0.4, -0.2) is 15.9 Å². The van der Waals surface area contributed by atoms with E-state index in [1.54, 1.807) is 18.2 Å². The summed E-state index contributed by atoms with van der Waals surface area (Å²) >= 11 is 0. The van der Waals surface area contributed by atoms with Crippen LogP contribution in [0.2, 0.25) is 0 Å². The number of nitrogens with zero attached hydrogens (tertiary/aromatic N) is 2. The fourth-order valence-electron chi connectivity index (χ4n) is 3.23. The van der Waals surface area contributed by atoms with Crippen LogP contribution in [0, 0.1) is 11.6 Å². The maximum absolute atomic E-state index is 15.1. The summed E-state index contributed by atoms with van der Waals surface area (Å²) < 4.78 is 41.3. The van der Waals surface area contributed by atoms with Crippen molar-refractivity contribution in [3.63, 3.8) is 0 Å². The van der Waals surface area contributed by atoms with E-state index in [9.17, 15) is 9.18 Å². The highest BCUT2D eigenvalue weighted by Gasteiger charge is 2.22. The van der Waals surface area contributed by atoms with Crippen molar-refractivity contribution in [2.75, 3.05) is 11.1 Å². The number of carbonyl (C=O) groups is 1. The lowest BCUT2D eigenvalue weighted by molar-refractivity contribution is -0.111. The molecule has 1 aromatic heterocycles. The summed E-state index contributed by atoms with van der Waals surface area (Å²) in [6, 6.07) is 18.1. The van der Waals surface area contributed by atoms with Crippen LogP contribution >= 0.6 is 0 Å². The summed E-state index contributed by atoms with van der Waals surface area (Å²) in [5, 5.41) is 2.60. The van der Waals surface area contributed by atoms with E-state index in [0.29, 0.717) is 5.69 Å². The average molecular weight is 474 g/mol. The maximum atomic E-state index is 15.1. The smallest absolute Gasteiger partial charge is 0.247 e. The second-order valence-corrected chi connectivity index (χ2v) is 7.28. The molecule has 4 aromatic rings. The Balaban J connectivity index is 1.63. The molecule has 1 heterocycles. The second kappa shape index (κ2) is 10.4. The minimum Gasteiger partial charge on any atom is -0.486 e. The molecule has 35 heavy (non-hydrogen) atoms. The summed E-state index contributed by atoms with van der Waals surface area (Å²) in [5.41, 5.74) is 7.01. The molecule has 3 aromatic carbocycles. The number of nitrogens with two attached hydrogens (primary N) is 1. The van der Waals surface area contributed by atoms with E-state index in [-0.39, 0.29) is 40.9 Å². The van der Waals surface area contributed by atoms with Gasteiger partial charge in [-0.2, -0.15) is 4.39 Å². The predicted molar refractivity (Wildman–Crippen MR) is 128 cm³/mol. The van der Waals surface area contributed by atoms with Gasteiger partial charge in [0.1, 0.15) is 24.5 Å². The molecule has 3 N–H and O–H groups in total. The molecule has 0 atom stereocenters. The Morgan fingerprint density at radius 1 is 1.03 bits per heavy atom. The zero-order valence-corrected chi connectivity index (χ0v) is 18.4. The van der Waals surface area contributed by atoms with Gasteiger partial charge in [0.25, 0.3) is 0 Å². The van der Waals surface area contributed by atoms with Gasteiger partial charge in [-0.05, 0) is 35.9 Å². The largest absolute Gasteiger partial charge is 0.486 e. The Hall–Kier alpha value is -4.79. The van der Waals surface area contributed by atoms with E-state index in [1.165, 1.54) is 18.2 Å². The van der Waals surface area contributed by atoms with Gasteiger partial charge in [-0.15, -0.1) is 0 Å². The number of amides is 1. The number of ether oxygens (including phenoxy) is 2. The van der Waals surface area contributed by atoms with E-state index < -0.39 is 17.5 Å². The highest BCUT2D eigenvalue weighted by Crippen LogP contribution is 2.39. The Labute approximate surface area is 199 Å². The van der Waals surface area contributed by atoms with Gasteiger partial charge in [0.15, 0.2) is 11.6 Å². The number of carbonyl (C=O) groups excluding carboxylic acids is 1. The van der Waals surface area contributed by atoms with Crippen molar-refractivity contribution in [2.24, 2.45) is 0 Å². The summed E-state index contributed by atoms with van der Waals surface area (Å²) in [6.07, 6.45) is 2.27. The van der Waals surface area contributed by atoms with Crippen molar-refractivity contribution < 1.29 is 23.0 Å². The number of rotatable bonds is 8. The number of anilines is 2. The Morgan fingerprint density at radius 2 is 1.83 bits per heavy atom. The third kappa shape index (κ3) is 5.41. The summed E-state index contributed by atoms with van der Waals surface area (Å²) in [4.78, 5) is 19.5. The molecule has 7 nitrogen and oxygen atoms in total. The molecular formula is C26H20F2N4O3. The molecule has 0 saturated heterocycles. The summed E-state index contributed by atoms with van der Waals surface area (Å²) in [5.74, 6) is -2.95. The van der Waals surface area contributed by atoms with E-state index in [2.05, 4.69) is 21.9 Å². The molecular weight excluding hydrogens is 454 g/mol. The van der Waals surface area contributed by atoms with Gasteiger partial charge in [-0.25, -0.2) is 14.4 Å². The Kier molecular flexibility index (Phi) is 6.96. The molecule has 0 saturated carbocycles. The third-order valence-corrected chi connectivity index (χ3v) is 4.90. The lowest BCUT2D eigenvalue weighted by Gasteiger charge is -2.14. The standard InChI is InChI=1S/C26H20F2N4O3/c1-2-21(33)32-17-9-6-10-18(13-17)35-26-22(25(29)30-15-31-26)19-11-12-20(24(28)23(19)27)34-14-16-7-4-3-5-8-16/h2-13,15H,1,14H2,(H,32,33)(H2,29,30,31). The van der Waals surface area contributed by atoms with Crippen molar-refractivity contribution in [1.29, 1.82) is 0 Å². The highest BCUT2D eigenvalue weighted by molar-refractivity contribution is 5.99. The molecule has 0 fully saturated rings. The normalized spacial score (nSPS) is 10.5. The van der Waals surface area contributed by atoms with Crippen LogP contribution < -0.4 is 20.5 Å². The van der Waals surface area contributed by atoms with Crippen LogP contribution in [0.25, 0.3) is 11.1 Å². The quantitative estimate of drug-likeness (QED) is 0.327. The minimum absolute atomic E-state index is 0.0287. The lowest BCUT2D eigenvalue weighted by atomic mass is 10.1. The topological polar surface area (TPSA) is 99.4 Å². The van der Waals surface area contributed by atoms with Gasteiger partial charge < -0.3 is 20.5 Å². The third-order valence-electron chi connectivity index (χ3n) is 4.90. The maximum Gasteiger partial charge on any atom is 0.247 e. The number of hydrogen-bond acceptors (Lipinski definition) is 6. The van der Waals surface area contributed by atoms with Crippen molar-refractivity contribution in [3.05, 3.63) is 103 Å². The number of nitrogens with one attached hydrogen (secondary N) is 1.